The second kappa shape index (κ2) is 8.05. The van der Waals surface area contributed by atoms with Crippen molar-refractivity contribution in [2.75, 3.05) is 0 Å². The number of aryl methyl sites for hydroxylation is 2. The minimum atomic E-state index is 0.227. The lowest BCUT2D eigenvalue weighted by Crippen LogP contribution is -2.05. The zero-order chi connectivity index (χ0) is 20.3. The third-order valence-electron chi connectivity index (χ3n) is 4.43. The van der Waals surface area contributed by atoms with Crippen molar-refractivity contribution in [1.82, 2.24) is 4.98 Å². The third-order valence-corrected chi connectivity index (χ3v) is 4.43. The van der Waals surface area contributed by atoms with E-state index in [9.17, 15) is 10.2 Å². The van der Waals surface area contributed by atoms with E-state index in [0.29, 0.717) is 0 Å². The van der Waals surface area contributed by atoms with Gasteiger partial charge in [-0.25, -0.2) is 4.98 Å². The maximum Gasteiger partial charge on any atom is 0.115 e. The van der Waals surface area contributed by atoms with Gasteiger partial charge in [0.1, 0.15) is 11.5 Å². The molecule has 142 valence electrons. The molecule has 0 saturated carbocycles. The Bertz CT molecular complexity index is 1000. The first-order valence-corrected chi connectivity index (χ1v) is 9.01. The monoisotopic (exact) mass is 373 g/mol. The van der Waals surface area contributed by atoms with E-state index in [-0.39, 0.29) is 11.5 Å². The van der Waals surface area contributed by atoms with Gasteiger partial charge < -0.3 is 10.2 Å². The van der Waals surface area contributed by atoms with Crippen molar-refractivity contribution in [2.45, 2.75) is 27.7 Å². The molecule has 0 saturated heterocycles. The number of aromatic nitrogens is 1. The number of hydrogen-bond acceptors (Lipinski definition) is 5. The number of aromatic hydroxyl groups is 2. The average molecular weight is 373 g/mol. The highest BCUT2D eigenvalue weighted by molar-refractivity contribution is 6.02. The smallest absolute Gasteiger partial charge is 0.115 e. The maximum absolute atomic E-state index is 9.55. The van der Waals surface area contributed by atoms with Gasteiger partial charge in [-0.2, -0.15) is 0 Å². The van der Waals surface area contributed by atoms with Gasteiger partial charge in [0.15, 0.2) is 0 Å². The summed E-state index contributed by atoms with van der Waals surface area (Å²) in [7, 11) is 0. The van der Waals surface area contributed by atoms with Crippen LogP contribution >= 0.6 is 0 Å². The van der Waals surface area contributed by atoms with Gasteiger partial charge >= 0.3 is 0 Å². The standard InChI is InChI=1S/C23H23N3O2/c1-14-12-18(27)8-10-20(14)24-16(3)22-6-5-7-23(26-22)17(4)25-21-11-9-19(28)13-15(21)2/h5-13,27-28H,1-4H3. The van der Waals surface area contributed by atoms with Crippen molar-refractivity contribution in [2.24, 2.45) is 9.98 Å². The number of aliphatic imine (C=N–C) groups is 2. The van der Waals surface area contributed by atoms with Gasteiger partial charge in [0, 0.05) is 0 Å². The summed E-state index contributed by atoms with van der Waals surface area (Å²) in [6.45, 7) is 7.64. The minimum Gasteiger partial charge on any atom is -0.508 e. The lowest BCUT2D eigenvalue weighted by Gasteiger charge is -2.07. The van der Waals surface area contributed by atoms with E-state index in [1.807, 2.05) is 45.9 Å². The van der Waals surface area contributed by atoms with Crippen molar-refractivity contribution < 1.29 is 10.2 Å². The van der Waals surface area contributed by atoms with Crippen LogP contribution in [0.15, 0.2) is 64.6 Å². The molecule has 0 amide bonds. The number of hydrogen-bond donors (Lipinski definition) is 2. The predicted molar refractivity (Wildman–Crippen MR) is 114 cm³/mol. The van der Waals surface area contributed by atoms with Crippen molar-refractivity contribution in [3.8, 4) is 11.5 Å². The highest BCUT2D eigenvalue weighted by Gasteiger charge is 2.07. The summed E-state index contributed by atoms with van der Waals surface area (Å²) < 4.78 is 0. The Morgan fingerprint density at radius 1 is 0.714 bits per heavy atom. The zero-order valence-electron chi connectivity index (χ0n) is 16.4. The highest BCUT2D eigenvalue weighted by Crippen LogP contribution is 2.25. The Morgan fingerprint density at radius 2 is 1.14 bits per heavy atom. The summed E-state index contributed by atoms with van der Waals surface area (Å²) in [6, 6.07) is 16.0. The molecule has 2 aromatic carbocycles. The molecule has 3 rings (SSSR count). The van der Waals surface area contributed by atoms with Gasteiger partial charge in [-0.15, -0.1) is 0 Å². The summed E-state index contributed by atoms with van der Waals surface area (Å²) in [5.74, 6) is 0.455. The first kappa shape index (κ1) is 19.3. The molecule has 0 aliphatic heterocycles. The van der Waals surface area contributed by atoms with E-state index in [1.165, 1.54) is 0 Å². The molecule has 0 unspecified atom stereocenters. The molecule has 0 spiro atoms. The van der Waals surface area contributed by atoms with E-state index in [4.69, 9.17) is 4.98 Å². The second-order valence-electron chi connectivity index (χ2n) is 6.74. The summed E-state index contributed by atoms with van der Waals surface area (Å²) in [4.78, 5) is 14.0. The second-order valence-corrected chi connectivity index (χ2v) is 6.74. The van der Waals surface area contributed by atoms with E-state index in [0.717, 1.165) is 45.3 Å². The predicted octanol–water partition coefficient (Wildman–Crippen LogP) is 5.39. The van der Waals surface area contributed by atoms with Gasteiger partial charge in [0.05, 0.1) is 34.2 Å². The van der Waals surface area contributed by atoms with E-state index in [1.54, 1.807) is 36.4 Å². The molecule has 0 aliphatic rings. The summed E-state index contributed by atoms with van der Waals surface area (Å²) in [5, 5.41) is 19.1. The van der Waals surface area contributed by atoms with Gasteiger partial charge in [-0.1, -0.05) is 6.07 Å². The Hall–Kier alpha value is -3.47. The molecular formula is C23H23N3O2. The van der Waals surface area contributed by atoms with Gasteiger partial charge in [0.2, 0.25) is 0 Å². The van der Waals surface area contributed by atoms with Crippen LogP contribution in [0, 0.1) is 13.8 Å². The fourth-order valence-corrected chi connectivity index (χ4v) is 2.84. The van der Waals surface area contributed by atoms with Crippen LogP contribution in [0.4, 0.5) is 11.4 Å². The van der Waals surface area contributed by atoms with Crippen molar-refractivity contribution >= 4 is 22.8 Å². The largest absolute Gasteiger partial charge is 0.508 e. The summed E-state index contributed by atoms with van der Waals surface area (Å²) in [5.41, 5.74) is 6.49. The molecule has 0 atom stereocenters. The molecule has 5 nitrogen and oxygen atoms in total. The number of phenolic OH excluding ortho intramolecular Hbond substituents is 2. The van der Waals surface area contributed by atoms with Crippen LogP contribution in [0.5, 0.6) is 11.5 Å². The SMILES string of the molecule is CC(=Nc1ccc(O)cc1C)c1cccc(C(C)=Nc2ccc(O)cc2C)n1. The first-order valence-electron chi connectivity index (χ1n) is 9.01. The molecule has 1 heterocycles. The molecular weight excluding hydrogens is 350 g/mol. The molecule has 2 N–H and O–H groups in total. The molecule has 0 aliphatic carbocycles. The van der Waals surface area contributed by atoms with E-state index >= 15 is 0 Å². The van der Waals surface area contributed by atoms with Crippen LogP contribution in [-0.4, -0.2) is 26.6 Å². The van der Waals surface area contributed by atoms with Crippen LogP contribution in [0.25, 0.3) is 0 Å². The first-order chi connectivity index (χ1) is 13.3. The fourth-order valence-electron chi connectivity index (χ4n) is 2.84. The maximum atomic E-state index is 9.55. The molecule has 5 heteroatoms. The number of pyridine rings is 1. The quantitative estimate of drug-likeness (QED) is 0.602. The zero-order valence-corrected chi connectivity index (χ0v) is 16.4. The Morgan fingerprint density at radius 3 is 1.54 bits per heavy atom. The number of benzene rings is 2. The fraction of sp³-hybridized carbons (Fsp3) is 0.174. The van der Waals surface area contributed by atoms with Crippen LogP contribution in [0.3, 0.4) is 0 Å². The Labute approximate surface area is 164 Å². The normalized spacial score (nSPS) is 12.3. The number of phenols is 2. The molecule has 3 aromatic rings. The van der Waals surface area contributed by atoms with E-state index in [2.05, 4.69) is 9.98 Å². The highest BCUT2D eigenvalue weighted by atomic mass is 16.3. The van der Waals surface area contributed by atoms with Crippen LogP contribution < -0.4 is 0 Å². The number of rotatable bonds is 4. The van der Waals surface area contributed by atoms with Crippen molar-refractivity contribution in [1.29, 1.82) is 0 Å². The lowest BCUT2D eigenvalue weighted by atomic mass is 10.1. The summed E-state index contributed by atoms with van der Waals surface area (Å²) >= 11 is 0. The van der Waals surface area contributed by atoms with Crippen LogP contribution in [0.1, 0.15) is 36.4 Å². The van der Waals surface area contributed by atoms with Crippen molar-refractivity contribution in [3.05, 3.63) is 77.1 Å². The van der Waals surface area contributed by atoms with Crippen LogP contribution in [-0.2, 0) is 0 Å². The topological polar surface area (TPSA) is 78.1 Å². The van der Waals surface area contributed by atoms with Crippen LogP contribution in [0.2, 0.25) is 0 Å². The van der Waals surface area contributed by atoms with Crippen molar-refractivity contribution in [3.63, 3.8) is 0 Å². The molecule has 0 bridgehead atoms. The average Bonchev–Trinajstić information content (AvgIpc) is 2.66. The minimum absolute atomic E-state index is 0.227. The lowest BCUT2D eigenvalue weighted by molar-refractivity contribution is 0.474. The number of nitrogens with zero attached hydrogens (tertiary/aromatic N) is 3. The Kier molecular flexibility index (Phi) is 5.54. The van der Waals surface area contributed by atoms with Gasteiger partial charge in [0.25, 0.3) is 0 Å². The molecule has 28 heavy (non-hydrogen) atoms. The molecule has 0 radical (unpaired) electrons. The molecule has 0 fully saturated rings. The summed E-state index contributed by atoms with van der Waals surface area (Å²) in [6.07, 6.45) is 0. The molecule has 1 aromatic heterocycles. The van der Waals surface area contributed by atoms with E-state index < -0.39 is 0 Å². The Balaban J connectivity index is 1.93. The van der Waals surface area contributed by atoms with Gasteiger partial charge in [-0.3, -0.25) is 9.98 Å². The third kappa shape index (κ3) is 4.43. The van der Waals surface area contributed by atoms with Gasteiger partial charge in [-0.05, 0) is 87.4 Å².